The third-order valence-electron chi connectivity index (χ3n) is 8.97. The summed E-state index contributed by atoms with van der Waals surface area (Å²) in [7, 11) is 0. The number of nitrogens with zero attached hydrogens (tertiary/aromatic N) is 5. The molecule has 2 fully saturated rings. The van der Waals surface area contributed by atoms with Gasteiger partial charge in [0.05, 0.1) is 29.2 Å². The fourth-order valence-corrected chi connectivity index (χ4v) is 6.55. The van der Waals surface area contributed by atoms with Gasteiger partial charge >= 0.3 is 0 Å². The predicted octanol–water partition coefficient (Wildman–Crippen LogP) is 5.92. The van der Waals surface area contributed by atoms with Crippen molar-refractivity contribution in [3.63, 3.8) is 0 Å². The molecule has 1 unspecified atom stereocenters. The van der Waals surface area contributed by atoms with Crippen LogP contribution in [0.5, 0.6) is 0 Å². The van der Waals surface area contributed by atoms with Crippen molar-refractivity contribution in [1.29, 1.82) is 5.26 Å². The molecule has 0 saturated carbocycles. The molecule has 41 heavy (non-hydrogen) atoms. The Balaban J connectivity index is 1.23. The normalized spacial score (nSPS) is 21.1. The molecular formula is C34H36FN5O. The SMILES string of the molecule is C[C@@]1(c2ccccc2)CCN(C(O)c2cnn(-c3ccc(F)cc3)c2C2CCN(Cc3ccc(C#N)cc3)CC2)C1. The Bertz CT molecular complexity index is 1500. The van der Waals surface area contributed by atoms with Gasteiger partial charge < -0.3 is 5.11 Å². The number of aromatic nitrogens is 2. The van der Waals surface area contributed by atoms with Gasteiger partial charge in [-0.25, -0.2) is 9.07 Å². The Labute approximate surface area is 241 Å². The van der Waals surface area contributed by atoms with Crippen molar-refractivity contribution in [1.82, 2.24) is 19.6 Å². The van der Waals surface area contributed by atoms with Crippen molar-refractivity contribution in [2.24, 2.45) is 0 Å². The number of aliphatic hydroxyl groups is 1. The number of hydrogen-bond acceptors (Lipinski definition) is 5. The summed E-state index contributed by atoms with van der Waals surface area (Å²) in [5.74, 6) is -0.0661. The first-order chi connectivity index (χ1) is 19.9. The third kappa shape index (κ3) is 5.69. The van der Waals surface area contributed by atoms with Crippen LogP contribution in [-0.2, 0) is 12.0 Å². The lowest BCUT2D eigenvalue weighted by molar-refractivity contribution is 0.0140. The molecule has 6 rings (SSSR count). The summed E-state index contributed by atoms with van der Waals surface area (Å²) in [5, 5.41) is 25.6. The monoisotopic (exact) mass is 549 g/mol. The van der Waals surface area contributed by atoms with E-state index in [0.717, 1.165) is 68.9 Å². The van der Waals surface area contributed by atoms with Gasteiger partial charge in [0.2, 0.25) is 0 Å². The van der Waals surface area contributed by atoms with Crippen molar-refractivity contribution in [2.75, 3.05) is 26.2 Å². The van der Waals surface area contributed by atoms with Gasteiger partial charge in [-0.1, -0.05) is 49.4 Å². The maximum Gasteiger partial charge on any atom is 0.136 e. The van der Waals surface area contributed by atoms with Gasteiger partial charge in [-0.15, -0.1) is 0 Å². The summed E-state index contributed by atoms with van der Waals surface area (Å²) in [6.07, 6.45) is 3.89. The van der Waals surface area contributed by atoms with E-state index in [1.165, 1.54) is 23.3 Å². The van der Waals surface area contributed by atoms with Crippen molar-refractivity contribution in [2.45, 2.75) is 50.3 Å². The highest BCUT2D eigenvalue weighted by atomic mass is 19.1. The van der Waals surface area contributed by atoms with Crippen LogP contribution in [0.4, 0.5) is 4.39 Å². The summed E-state index contributed by atoms with van der Waals surface area (Å²) in [6, 6.07) is 27.0. The van der Waals surface area contributed by atoms with Crippen LogP contribution in [0.25, 0.3) is 5.69 Å². The number of nitriles is 1. The quantitative estimate of drug-likeness (QED) is 0.310. The lowest BCUT2D eigenvalue weighted by atomic mass is 9.82. The average molecular weight is 550 g/mol. The molecular weight excluding hydrogens is 513 g/mol. The lowest BCUT2D eigenvalue weighted by Crippen LogP contribution is -2.34. The molecule has 6 nitrogen and oxygen atoms in total. The van der Waals surface area contributed by atoms with E-state index < -0.39 is 6.23 Å². The first kappa shape index (κ1) is 27.3. The van der Waals surface area contributed by atoms with Crippen LogP contribution in [0.2, 0.25) is 0 Å². The van der Waals surface area contributed by atoms with E-state index in [2.05, 4.69) is 47.1 Å². The van der Waals surface area contributed by atoms with Gasteiger partial charge in [0.15, 0.2) is 0 Å². The second-order valence-corrected chi connectivity index (χ2v) is 11.8. The van der Waals surface area contributed by atoms with Crippen LogP contribution in [-0.4, -0.2) is 50.9 Å². The number of rotatable bonds is 7. The average Bonchev–Trinajstić information content (AvgIpc) is 3.64. The minimum Gasteiger partial charge on any atom is -0.374 e. The molecule has 2 atom stereocenters. The maximum atomic E-state index is 13.8. The van der Waals surface area contributed by atoms with Gasteiger partial charge in [0.1, 0.15) is 12.0 Å². The number of likely N-dealkylation sites (tertiary alicyclic amines) is 2. The van der Waals surface area contributed by atoms with Crippen LogP contribution in [0.3, 0.4) is 0 Å². The van der Waals surface area contributed by atoms with Crippen molar-refractivity contribution >= 4 is 0 Å². The highest BCUT2D eigenvalue weighted by Crippen LogP contribution is 2.40. The van der Waals surface area contributed by atoms with Crippen LogP contribution in [0.1, 0.15) is 66.3 Å². The molecule has 0 spiro atoms. The summed E-state index contributed by atoms with van der Waals surface area (Å²) in [6.45, 7) is 6.53. The second-order valence-electron chi connectivity index (χ2n) is 11.8. The molecule has 0 aliphatic carbocycles. The first-order valence-corrected chi connectivity index (χ1v) is 14.5. The van der Waals surface area contributed by atoms with Crippen LogP contribution >= 0.6 is 0 Å². The van der Waals surface area contributed by atoms with E-state index in [4.69, 9.17) is 10.4 Å². The van der Waals surface area contributed by atoms with E-state index in [0.29, 0.717) is 5.56 Å². The van der Waals surface area contributed by atoms with Gasteiger partial charge in [-0.3, -0.25) is 9.80 Å². The number of benzene rings is 3. The molecule has 7 heteroatoms. The van der Waals surface area contributed by atoms with E-state index >= 15 is 0 Å². The highest BCUT2D eigenvalue weighted by molar-refractivity contribution is 5.38. The highest BCUT2D eigenvalue weighted by Gasteiger charge is 2.40. The third-order valence-corrected chi connectivity index (χ3v) is 8.97. The Morgan fingerprint density at radius 1 is 1.00 bits per heavy atom. The fraction of sp³-hybridized carbons (Fsp3) is 0.353. The standard InChI is InChI=1S/C34H36FN5O/c1-34(28-5-3-2-4-6-28)17-20-39(24-34)33(41)31-22-37-40(30-13-11-29(35)12-14-30)32(31)27-15-18-38(19-16-27)23-26-9-7-25(21-36)8-10-26/h2-14,22,27,33,41H,15-20,23-24H2,1H3/t33?,34-/m1/s1. The number of aliphatic hydroxyl groups excluding tert-OH is 1. The molecule has 2 aliphatic rings. The summed E-state index contributed by atoms with van der Waals surface area (Å²) in [5.41, 5.74) is 5.82. The zero-order chi connectivity index (χ0) is 28.4. The van der Waals surface area contributed by atoms with E-state index in [-0.39, 0.29) is 17.2 Å². The molecule has 0 radical (unpaired) electrons. The van der Waals surface area contributed by atoms with Crippen LogP contribution < -0.4 is 0 Å². The summed E-state index contributed by atoms with van der Waals surface area (Å²) >= 11 is 0. The molecule has 1 aromatic heterocycles. The van der Waals surface area contributed by atoms with Gasteiger partial charge in [0, 0.05) is 36.5 Å². The summed E-state index contributed by atoms with van der Waals surface area (Å²) < 4.78 is 15.7. The molecule has 3 aromatic carbocycles. The van der Waals surface area contributed by atoms with Gasteiger partial charge in [-0.2, -0.15) is 10.4 Å². The largest absolute Gasteiger partial charge is 0.374 e. The van der Waals surface area contributed by atoms with Crippen LogP contribution in [0.15, 0.2) is 85.1 Å². The predicted molar refractivity (Wildman–Crippen MR) is 157 cm³/mol. The minimum atomic E-state index is -0.763. The van der Waals surface area contributed by atoms with Crippen molar-refractivity contribution in [3.8, 4) is 11.8 Å². The lowest BCUT2D eigenvalue weighted by Gasteiger charge is -2.34. The molecule has 0 bridgehead atoms. The topological polar surface area (TPSA) is 68.3 Å². The Kier molecular flexibility index (Phi) is 7.72. The number of hydrogen-bond donors (Lipinski definition) is 1. The van der Waals surface area contributed by atoms with Crippen molar-refractivity contribution in [3.05, 3.63) is 119 Å². The van der Waals surface area contributed by atoms with Crippen LogP contribution in [0, 0.1) is 17.1 Å². The number of piperidine rings is 1. The number of halogens is 1. The van der Waals surface area contributed by atoms with E-state index in [9.17, 15) is 9.50 Å². The molecule has 3 heterocycles. The van der Waals surface area contributed by atoms with E-state index in [1.807, 2.05) is 41.2 Å². The van der Waals surface area contributed by atoms with E-state index in [1.54, 1.807) is 12.1 Å². The minimum absolute atomic E-state index is 0.0217. The molecule has 2 saturated heterocycles. The zero-order valence-electron chi connectivity index (χ0n) is 23.5. The first-order valence-electron chi connectivity index (χ1n) is 14.5. The summed E-state index contributed by atoms with van der Waals surface area (Å²) in [4.78, 5) is 4.61. The molecule has 0 amide bonds. The van der Waals surface area contributed by atoms with Crippen molar-refractivity contribution < 1.29 is 9.50 Å². The Hall–Kier alpha value is -3.83. The Morgan fingerprint density at radius 2 is 1.71 bits per heavy atom. The molecule has 210 valence electrons. The molecule has 2 aliphatic heterocycles. The Morgan fingerprint density at radius 3 is 2.39 bits per heavy atom. The maximum absolute atomic E-state index is 13.8. The molecule has 4 aromatic rings. The fourth-order valence-electron chi connectivity index (χ4n) is 6.55. The zero-order valence-corrected chi connectivity index (χ0v) is 23.5. The second kappa shape index (κ2) is 11.6. The van der Waals surface area contributed by atoms with Gasteiger partial charge in [0.25, 0.3) is 0 Å². The smallest absolute Gasteiger partial charge is 0.136 e. The van der Waals surface area contributed by atoms with Gasteiger partial charge in [-0.05, 0) is 79.9 Å². The molecule has 1 N–H and O–H groups in total.